The van der Waals surface area contributed by atoms with Gasteiger partial charge in [-0.15, -0.1) is 0 Å². The molecule has 0 aliphatic heterocycles. The molecule has 0 aliphatic carbocycles. The van der Waals surface area contributed by atoms with Crippen molar-refractivity contribution in [3.8, 4) is 0 Å². The zero-order valence-electron chi connectivity index (χ0n) is 23.7. The van der Waals surface area contributed by atoms with E-state index >= 15 is 0 Å². The highest BCUT2D eigenvalue weighted by Crippen LogP contribution is 2.55. The summed E-state index contributed by atoms with van der Waals surface area (Å²) in [7, 11) is 1.99. The van der Waals surface area contributed by atoms with Crippen LogP contribution in [-0.4, -0.2) is 32.7 Å². The Balaban J connectivity index is 1.38. The summed E-state index contributed by atoms with van der Waals surface area (Å²) >= 11 is 0. The monoisotopic (exact) mass is 571 g/mol. The van der Waals surface area contributed by atoms with Crippen molar-refractivity contribution < 1.29 is 14.4 Å². The molecule has 0 spiro atoms. The topological polar surface area (TPSA) is 70.1 Å². The summed E-state index contributed by atoms with van der Waals surface area (Å²) in [5.74, 6) is -0.551. The molecule has 0 unspecified atom stereocenters. The highest BCUT2D eigenvalue weighted by atomic mass is 31.2. The molecule has 42 heavy (non-hydrogen) atoms. The molecule has 0 fully saturated rings. The summed E-state index contributed by atoms with van der Waals surface area (Å²) in [4.78, 5) is 18.6. The summed E-state index contributed by atoms with van der Waals surface area (Å²) < 4.78 is 5.64. The maximum absolute atomic E-state index is 13.4. The molecule has 0 saturated heterocycles. The lowest BCUT2D eigenvalue weighted by Crippen LogP contribution is -3.00. The van der Waals surface area contributed by atoms with Crippen LogP contribution in [0.2, 0.25) is 0 Å². The van der Waals surface area contributed by atoms with E-state index in [1.807, 2.05) is 36.4 Å². The smallest absolute Gasteiger partial charge is 0.344 e. The minimum absolute atomic E-state index is 0.0423. The van der Waals surface area contributed by atoms with Crippen LogP contribution in [0.15, 0.2) is 142 Å². The normalized spacial score (nSPS) is 12.3. The number of nitrogens with zero attached hydrogens (tertiary/aromatic N) is 1. The van der Waals surface area contributed by atoms with Gasteiger partial charge in [-0.25, -0.2) is 4.79 Å². The SMILES string of the molecule is C[NH+](C)c1ccc2cc3cc(C([O-])=NCC[P+](c4ccccc4)(c4ccccc4)c4ccccc4)c(=O)oc3cc2c1. The summed E-state index contributed by atoms with van der Waals surface area (Å²) in [6.07, 6.45) is 0.649. The summed E-state index contributed by atoms with van der Waals surface area (Å²) in [5.41, 5.74) is 0.881. The predicted octanol–water partition coefficient (Wildman–Crippen LogP) is 3.82. The second-order valence-corrected chi connectivity index (χ2v) is 14.2. The van der Waals surface area contributed by atoms with Crippen molar-refractivity contribution in [2.45, 2.75) is 0 Å². The first-order valence-corrected chi connectivity index (χ1v) is 16.0. The molecule has 6 heteroatoms. The number of rotatable bonds is 8. The first kappa shape index (κ1) is 27.6. The molecule has 1 N–H and O–H groups in total. The second-order valence-electron chi connectivity index (χ2n) is 10.6. The predicted molar refractivity (Wildman–Crippen MR) is 174 cm³/mol. The number of hydrogen-bond acceptors (Lipinski definition) is 4. The van der Waals surface area contributed by atoms with Gasteiger partial charge in [0.25, 0.3) is 0 Å². The zero-order chi connectivity index (χ0) is 29.1. The third-order valence-electron chi connectivity index (χ3n) is 7.78. The summed E-state index contributed by atoms with van der Waals surface area (Å²) in [5, 5.41) is 19.7. The molecule has 208 valence electrons. The van der Waals surface area contributed by atoms with Gasteiger partial charge in [-0.1, -0.05) is 54.6 Å². The van der Waals surface area contributed by atoms with Gasteiger partial charge in [0, 0.05) is 11.5 Å². The van der Waals surface area contributed by atoms with E-state index in [-0.39, 0.29) is 12.1 Å². The molecule has 0 atom stereocenters. The maximum Gasteiger partial charge on any atom is 0.344 e. The molecule has 0 aliphatic rings. The van der Waals surface area contributed by atoms with Gasteiger partial charge < -0.3 is 14.4 Å². The Morgan fingerprint density at radius 1 is 0.714 bits per heavy atom. The first-order valence-electron chi connectivity index (χ1n) is 14.0. The zero-order valence-corrected chi connectivity index (χ0v) is 24.6. The Morgan fingerprint density at radius 2 is 1.29 bits per heavy atom. The van der Waals surface area contributed by atoms with Crippen LogP contribution in [0.25, 0.3) is 21.7 Å². The minimum Gasteiger partial charge on any atom is -0.858 e. The number of quaternary nitrogens is 1. The molecule has 0 amide bonds. The second kappa shape index (κ2) is 11.7. The number of fused-ring (bicyclic) bond motifs is 2. The van der Waals surface area contributed by atoms with Crippen molar-refractivity contribution in [3.63, 3.8) is 0 Å². The fraction of sp³-hybridized carbons (Fsp3) is 0.111. The van der Waals surface area contributed by atoms with Gasteiger partial charge in [0.1, 0.15) is 34.4 Å². The van der Waals surface area contributed by atoms with Crippen molar-refractivity contribution in [3.05, 3.63) is 143 Å². The standard InChI is InChI=1S/C36H31N2O3P/c1-38(2)29-19-18-26-22-28-24-33(36(40)41-34(28)25-27(26)23-29)35(39)37-20-21-42(30-12-6-3-7-13-30,31-14-8-4-9-15-31)32-16-10-5-11-17-32/h3-19,22-25H,20-21H2,1-2H3/p+1. The molecule has 5 nitrogen and oxygen atoms in total. The van der Waals surface area contributed by atoms with Crippen molar-refractivity contribution in [1.29, 1.82) is 0 Å². The lowest BCUT2D eigenvalue weighted by molar-refractivity contribution is -0.786. The Labute approximate surface area is 245 Å². The van der Waals surface area contributed by atoms with E-state index in [4.69, 9.17) is 4.42 Å². The van der Waals surface area contributed by atoms with Crippen LogP contribution in [0.1, 0.15) is 5.56 Å². The Bertz CT molecular complexity index is 1840. The summed E-state index contributed by atoms with van der Waals surface area (Å²) in [6, 6.07) is 43.1. The van der Waals surface area contributed by atoms with Crippen LogP contribution in [0.4, 0.5) is 5.69 Å². The molecule has 0 bridgehead atoms. The quantitative estimate of drug-likeness (QED) is 0.0993. The van der Waals surface area contributed by atoms with Crippen LogP contribution in [0.3, 0.4) is 0 Å². The Morgan fingerprint density at radius 3 is 1.83 bits per heavy atom. The van der Waals surface area contributed by atoms with E-state index in [1.54, 1.807) is 6.07 Å². The average molecular weight is 572 g/mol. The van der Waals surface area contributed by atoms with Gasteiger partial charge in [-0.3, -0.25) is 4.99 Å². The van der Waals surface area contributed by atoms with Gasteiger partial charge in [0.15, 0.2) is 0 Å². The van der Waals surface area contributed by atoms with Crippen LogP contribution in [0, 0.1) is 0 Å². The molecule has 0 radical (unpaired) electrons. The molecular weight excluding hydrogens is 539 g/mol. The third-order valence-corrected chi connectivity index (χ3v) is 12.2. The highest BCUT2D eigenvalue weighted by Gasteiger charge is 2.44. The van der Waals surface area contributed by atoms with E-state index in [9.17, 15) is 9.90 Å². The largest absolute Gasteiger partial charge is 0.858 e. The number of nitrogens with one attached hydrogen (secondary N) is 1. The van der Waals surface area contributed by atoms with E-state index in [0.29, 0.717) is 17.1 Å². The number of benzene rings is 5. The van der Waals surface area contributed by atoms with Gasteiger partial charge >= 0.3 is 5.63 Å². The highest BCUT2D eigenvalue weighted by molar-refractivity contribution is 7.95. The molecule has 6 rings (SSSR count). The Hall–Kier alpha value is -4.57. The summed E-state index contributed by atoms with van der Waals surface area (Å²) in [6.45, 7) is 0.274. The van der Waals surface area contributed by atoms with Crippen LogP contribution in [-0.2, 0) is 0 Å². The molecule has 0 saturated carbocycles. The fourth-order valence-electron chi connectivity index (χ4n) is 5.59. The van der Waals surface area contributed by atoms with Gasteiger partial charge in [-0.2, -0.15) is 0 Å². The Kier molecular flexibility index (Phi) is 7.71. The molecule has 1 aromatic heterocycles. The first-order chi connectivity index (χ1) is 20.5. The van der Waals surface area contributed by atoms with Gasteiger partial charge in [-0.05, 0) is 83.4 Å². The van der Waals surface area contributed by atoms with Crippen LogP contribution < -0.4 is 31.5 Å². The van der Waals surface area contributed by atoms with E-state index in [1.165, 1.54) is 20.8 Å². The number of aliphatic imine (C=N–C) groups is 1. The minimum atomic E-state index is -2.14. The number of hydrogen-bond donors (Lipinski definition) is 1. The van der Waals surface area contributed by atoms with Crippen LogP contribution in [0.5, 0.6) is 0 Å². The van der Waals surface area contributed by atoms with E-state index in [2.05, 4.69) is 104 Å². The molecule has 6 aromatic rings. The molecule has 5 aromatic carbocycles. The third kappa shape index (κ3) is 5.25. The van der Waals surface area contributed by atoms with Crippen molar-refractivity contribution in [2.24, 2.45) is 4.99 Å². The lowest BCUT2D eigenvalue weighted by Gasteiger charge is -2.27. The molecular formula is C36H32N2O3P+. The van der Waals surface area contributed by atoms with Crippen molar-refractivity contribution in [1.82, 2.24) is 0 Å². The van der Waals surface area contributed by atoms with E-state index in [0.717, 1.165) is 16.5 Å². The molecule has 1 heterocycles. The van der Waals surface area contributed by atoms with Crippen LogP contribution >= 0.6 is 7.26 Å². The van der Waals surface area contributed by atoms with Gasteiger partial charge in [0.2, 0.25) is 0 Å². The van der Waals surface area contributed by atoms with Crippen molar-refractivity contribution >= 4 is 56.5 Å². The van der Waals surface area contributed by atoms with Crippen molar-refractivity contribution in [2.75, 3.05) is 26.8 Å². The van der Waals surface area contributed by atoms with E-state index < -0.39 is 18.8 Å². The maximum atomic E-state index is 13.4. The van der Waals surface area contributed by atoms with Gasteiger partial charge in [0.05, 0.1) is 32.4 Å². The average Bonchev–Trinajstić information content (AvgIpc) is 3.03. The lowest BCUT2D eigenvalue weighted by atomic mass is 10.1. The fourth-order valence-corrected chi connectivity index (χ4v) is 9.71.